The largest absolute Gasteiger partial charge is 0.459 e. The minimum Gasteiger partial charge on any atom is -0.459 e. The van der Waals surface area contributed by atoms with Crippen molar-refractivity contribution in [2.45, 2.75) is 20.0 Å². The molecule has 8 heteroatoms. The average molecular weight is 510 g/mol. The van der Waals surface area contributed by atoms with Crippen LogP contribution in [0.15, 0.2) is 64.2 Å². The third-order valence-electron chi connectivity index (χ3n) is 3.87. The molecule has 0 unspecified atom stereocenters. The average Bonchev–Trinajstić information content (AvgIpc) is 3.35. The molecule has 0 aliphatic heterocycles. The molecule has 2 aromatic heterocycles. The van der Waals surface area contributed by atoms with E-state index in [-0.39, 0.29) is 35.6 Å². The summed E-state index contributed by atoms with van der Waals surface area (Å²) in [4.78, 5) is 18.8. The number of thiophene rings is 1. The van der Waals surface area contributed by atoms with Gasteiger partial charge in [0.25, 0.3) is 5.91 Å². The number of nitrogens with zero attached hydrogens (tertiary/aromatic N) is 1. The summed E-state index contributed by atoms with van der Waals surface area (Å²) >= 11 is 1.77. The first-order chi connectivity index (χ1) is 13.1. The van der Waals surface area contributed by atoms with Gasteiger partial charge >= 0.3 is 0 Å². The van der Waals surface area contributed by atoms with Gasteiger partial charge in [-0.3, -0.25) is 9.79 Å². The van der Waals surface area contributed by atoms with Gasteiger partial charge in [0.15, 0.2) is 11.7 Å². The molecule has 0 spiro atoms. The standard InChI is InChI=1S/C20H22N4O2S.HI/c1-14-5-10-17(27-14)13-23-20(21-2)22-12-15-6-8-16(9-7-15)24-19(25)18-4-3-11-26-18;/h3-11H,12-13H2,1-2H3,(H,24,25)(H2,21,22,23);1H. The van der Waals surface area contributed by atoms with Crippen molar-refractivity contribution >= 4 is 52.9 Å². The number of benzene rings is 1. The van der Waals surface area contributed by atoms with Crippen LogP contribution < -0.4 is 16.0 Å². The van der Waals surface area contributed by atoms with Crippen LogP contribution in [0.1, 0.15) is 25.9 Å². The highest BCUT2D eigenvalue weighted by molar-refractivity contribution is 14.0. The molecule has 0 aliphatic rings. The molecular weight excluding hydrogens is 487 g/mol. The molecule has 3 rings (SSSR count). The van der Waals surface area contributed by atoms with E-state index in [0.29, 0.717) is 6.54 Å². The molecule has 0 saturated carbocycles. The van der Waals surface area contributed by atoms with Crippen molar-refractivity contribution in [3.63, 3.8) is 0 Å². The Labute approximate surface area is 185 Å². The van der Waals surface area contributed by atoms with E-state index in [1.807, 2.05) is 24.3 Å². The summed E-state index contributed by atoms with van der Waals surface area (Å²) in [5.74, 6) is 0.770. The van der Waals surface area contributed by atoms with Gasteiger partial charge in [0.2, 0.25) is 0 Å². The quantitative estimate of drug-likeness (QED) is 0.261. The van der Waals surface area contributed by atoms with Gasteiger partial charge in [-0.1, -0.05) is 12.1 Å². The fourth-order valence-electron chi connectivity index (χ4n) is 2.46. The number of guanidine groups is 1. The van der Waals surface area contributed by atoms with Gasteiger partial charge in [-0.25, -0.2) is 0 Å². The van der Waals surface area contributed by atoms with E-state index in [4.69, 9.17) is 4.42 Å². The highest BCUT2D eigenvalue weighted by atomic mass is 127. The predicted molar refractivity (Wildman–Crippen MR) is 125 cm³/mol. The Morgan fingerprint density at radius 1 is 1.07 bits per heavy atom. The molecule has 2 heterocycles. The lowest BCUT2D eigenvalue weighted by molar-refractivity contribution is 0.0996. The Morgan fingerprint density at radius 3 is 2.43 bits per heavy atom. The fraction of sp³-hybridized carbons (Fsp3) is 0.200. The maximum atomic E-state index is 12.0. The number of halogens is 1. The van der Waals surface area contributed by atoms with Crippen LogP contribution in [-0.4, -0.2) is 18.9 Å². The molecule has 0 aliphatic carbocycles. The van der Waals surface area contributed by atoms with Crippen LogP contribution in [0.2, 0.25) is 0 Å². The van der Waals surface area contributed by atoms with Crippen LogP contribution in [0.3, 0.4) is 0 Å². The summed E-state index contributed by atoms with van der Waals surface area (Å²) in [6.07, 6.45) is 1.48. The van der Waals surface area contributed by atoms with Crippen molar-refractivity contribution in [1.29, 1.82) is 0 Å². The zero-order valence-corrected chi connectivity index (χ0v) is 18.8. The molecule has 3 aromatic rings. The number of furan rings is 1. The van der Waals surface area contributed by atoms with E-state index in [1.54, 1.807) is 30.5 Å². The van der Waals surface area contributed by atoms with Crippen molar-refractivity contribution in [3.05, 3.63) is 75.9 Å². The van der Waals surface area contributed by atoms with E-state index in [0.717, 1.165) is 23.8 Å². The third-order valence-corrected chi connectivity index (χ3v) is 4.87. The maximum Gasteiger partial charge on any atom is 0.291 e. The number of aryl methyl sites for hydroxylation is 1. The van der Waals surface area contributed by atoms with Crippen molar-refractivity contribution in [1.82, 2.24) is 10.6 Å². The molecule has 6 nitrogen and oxygen atoms in total. The minimum atomic E-state index is -0.265. The van der Waals surface area contributed by atoms with Gasteiger partial charge in [0, 0.05) is 29.0 Å². The predicted octanol–water partition coefficient (Wildman–Crippen LogP) is 4.39. The molecule has 1 aromatic carbocycles. The van der Waals surface area contributed by atoms with Crippen molar-refractivity contribution in [2.24, 2.45) is 4.99 Å². The summed E-state index contributed by atoms with van der Waals surface area (Å²) in [7, 11) is 1.75. The van der Waals surface area contributed by atoms with Crippen molar-refractivity contribution < 1.29 is 9.21 Å². The zero-order chi connectivity index (χ0) is 19.1. The molecule has 1 amide bonds. The summed E-state index contributed by atoms with van der Waals surface area (Å²) in [5, 5.41) is 9.39. The first-order valence-corrected chi connectivity index (χ1v) is 9.39. The second kappa shape index (κ2) is 10.9. The summed E-state index contributed by atoms with van der Waals surface area (Å²) in [6, 6.07) is 15.2. The number of carbonyl (C=O) groups excluding carboxylic acids is 1. The number of aliphatic imine (C=N–C) groups is 1. The van der Waals surface area contributed by atoms with Crippen LogP contribution >= 0.6 is 35.3 Å². The van der Waals surface area contributed by atoms with Gasteiger partial charge < -0.3 is 20.4 Å². The SMILES string of the molecule is CN=C(NCc1ccc(NC(=O)c2ccco2)cc1)NCc1ccc(C)s1.I. The topological polar surface area (TPSA) is 78.7 Å². The van der Waals surface area contributed by atoms with Crippen molar-refractivity contribution in [3.8, 4) is 0 Å². The molecule has 3 N–H and O–H groups in total. The van der Waals surface area contributed by atoms with Crippen LogP contribution in [0.25, 0.3) is 0 Å². The van der Waals surface area contributed by atoms with E-state index < -0.39 is 0 Å². The monoisotopic (exact) mass is 510 g/mol. The number of amides is 1. The highest BCUT2D eigenvalue weighted by Gasteiger charge is 2.08. The highest BCUT2D eigenvalue weighted by Crippen LogP contribution is 2.14. The summed E-state index contributed by atoms with van der Waals surface area (Å²) in [5.41, 5.74) is 1.80. The van der Waals surface area contributed by atoms with Crippen molar-refractivity contribution in [2.75, 3.05) is 12.4 Å². The van der Waals surface area contributed by atoms with Gasteiger partial charge in [-0.2, -0.15) is 0 Å². The van der Waals surface area contributed by atoms with Gasteiger partial charge in [0.1, 0.15) is 0 Å². The van der Waals surface area contributed by atoms with Gasteiger partial charge in [-0.05, 0) is 48.9 Å². The second-order valence-electron chi connectivity index (χ2n) is 5.92. The number of nitrogens with one attached hydrogen (secondary N) is 3. The minimum absolute atomic E-state index is 0. The third kappa shape index (κ3) is 6.38. The number of hydrogen-bond donors (Lipinski definition) is 3. The van der Waals surface area contributed by atoms with E-state index in [1.165, 1.54) is 16.0 Å². The number of anilines is 1. The smallest absolute Gasteiger partial charge is 0.291 e. The van der Waals surface area contributed by atoms with Crippen LogP contribution in [-0.2, 0) is 13.1 Å². The molecular formula is C20H23IN4O2S. The molecule has 148 valence electrons. The molecule has 0 fully saturated rings. The van der Waals surface area contributed by atoms with Gasteiger partial charge in [-0.15, -0.1) is 35.3 Å². The van der Waals surface area contributed by atoms with Crippen LogP contribution in [0, 0.1) is 6.92 Å². The normalized spacial score (nSPS) is 10.9. The summed E-state index contributed by atoms with van der Waals surface area (Å²) < 4.78 is 5.08. The Kier molecular flexibility index (Phi) is 8.52. The lowest BCUT2D eigenvalue weighted by atomic mass is 10.2. The zero-order valence-electron chi connectivity index (χ0n) is 15.7. The number of rotatable bonds is 6. The molecule has 0 atom stereocenters. The number of hydrogen-bond acceptors (Lipinski definition) is 4. The Hall–Kier alpha value is -2.33. The fourth-order valence-corrected chi connectivity index (χ4v) is 3.29. The maximum absolute atomic E-state index is 12.0. The molecule has 0 saturated heterocycles. The lowest BCUT2D eigenvalue weighted by Gasteiger charge is -2.12. The Balaban J connectivity index is 0.00000280. The first kappa shape index (κ1) is 22.0. The van der Waals surface area contributed by atoms with Gasteiger partial charge in [0.05, 0.1) is 12.8 Å². The summed E-state index contributed by atoms with van der Waals surface area (Å²) in [6.45, 7) is 3.48. The molecule has 28 heavy (non-hydrogen) atoms. The van der Waals surface area contributed by atoms with E-state index >= 15 is 0 Å². The lowest BCUT2D eigenvalue weighted by Crippen LogP contribution is -2.36. The number of carbonyl (C=O) groups is 1. The van der Waals surface area contributed by atoms with E-state index in [2.05, 4.69) is 40.0 Å². The van der Waals surface area contributed by atoms with Crippen LogP contribution in [0.5, 0.6) is 0 Å². The Morgan fingerprint density at radius 2 is 1.82 bits per heavy atom. The molecule has 0 radical (unpaired) electrons. The van der Waals surface area contributed by atoms with Crippen LogP contribution in [0.4, 0.5) is 5.69 Å². The first-order valence-electron chi connectivity index (χ1n) is 8.57. The second-order valence-corrected chi connectivity index (χ2v) is 7.29. The molecule has 0 bridgehead atoms. The van der Waals surface area contributed by atoms with E-state index in [9.17, 15) is 4.79 Å². The Bertz CT molecular complexity index is 905.